The molecule has 5 nitrogen and oxygen atoms in total. The molecule has 2 aromatic heterocycles. The van der Waals surface area contributed by atoms with E-state index in [2.05, 4.69) is 4.98 Å². The van der Waals surface area contributed by atoms with Crippen molar-refractivity contribution in [1.82, 2.24) is 19.5 Å². The second-order valence-corrected chi connectivity index (χ2v) is 9.98. The summed E-state index contributed by atoms with van der Waals surface area (Å²) in [6, 6.07) is 23.3. The molecule has 0 saturated heterocycles. The summed E-state index contributed by atoms with van der Waals surface area (Å²) < 4.78 is 36.7. The maximum atomic E-state index is 12.0. The highest BCUT2D eigenvalue weighted by Crippen LogP contribution is 2.39. The number of alkyl halides is 3. The van der Waals surface area contributed by atoms with Crippen LogP contribution in [0, 0.1) is 0 Å². The number of carbonyl (C=O) groups excluding carboxylic acids is 1. The summed E-state index contributed by atoms with van der Waals surface area (Å²) in [4.78, 5) is 15.2. The first-order chi connectivity index (χ1) is 18.2. The normalized spacial score (nSPS) is 11.3. The van der Waals surface area contributed by atoms with E-state index < -0.39 is 5.51 Å². The van der Waals surface area contributed by atoms with Crippen molar-refractivity contribution in [3.8, 4) is 22.4 Å². The number of hydrogen-bond acceptors (Lipinski definition) is 4. The van der Waals surface area contributed by atoms with E-state index in [4.69, 9.17) is 28.3 Å². The lowest BCUT2D eigenvalue weighted by Crippen LogP contribution is -2.07. The molecule has 11 heteroatoms. The van der Waals surface area contributed by atoms with Gasteiger partial charge in [0.05, 0.1) is 24.1 Å². The largest absolute Gasteiger partial charge is 0.456 e. The Labute approximate surface area is 231 Å². The van der Waals surface area contributed by atoms with Crippen LogP contribution in [0.15, 0.2) is 79.0 Å². The first-order valence-corrected chi connectivity index (χ1v) is 12.8. The highest BCUT2D eigenvalue weighted by Gasteiger charge is 2.27. The van der Waals surface area contributed by atoms with Crippen LogP contribution in [0.2, 0.25) is 10.0 Å². The van der Waals surface area contributed by atoms with Crippen LogP contribution in [0.3, 0.4) is 0 Å². The van der Waals surface area contributed by atoms with E-state index in [0.29, 0.717) is 22.3 Å². The van der Waals surface area contributed by atoms with Crippen LogP contribution in [0.4, 0.5) is 13.2 Å². The lowest BCUT2D eigenvalue weighted by molar-refractivity contribution is -0.0334. The molecule has 2 heterocycles. The molecule has 196 valence electrons. The Bertz CT molecular complexity index is 1530. The Kier molecular flexibility index (Phi) is 8.83. The third-order valence-electron chi connectivity index (χ3n) is 5.53. The van der Waals surface area contributed by atoms with E-state index in [1.54, 1.807) is 0 Å². The Morgan fingerprint density at radius 1 is 1.03 bits per heavy atom. The number of aldehydes is 1. The summed E-state index contributed by atoms with van der Waals surface area (Å²) in [6.07, 6.45) is 2.70. The van der Waals surface area contributed by atoms with E-state index in [9.17, 15) is 18.0 Å². The first kappa shape index (κ1) is 27.8. The van der Waals surface area contributed by atoms with Gasteiger partial charge in [-0.1, -0.05) is 71.7 Å². The van der Waals surface area contributed by atoms with Gasteiger partial charge in [-0.25, -0.2) is 0 Å². The summed E-state index contributed by atoms with van der Waals surface area (Å²) in [5, 5.41) is 6.91. The molecule has 0 bridgehead atoms. The zero-order valence-electron chi connectivity index (χ0n) is 19.9. The number of halogens is 5. The van der Waals surface area contributed by atoms with Crippen LogP contribution < -0.4 is 4.72 Å². The van der Waals surface area contributed by atoms with E-state index in [-0.39, 0.29) is 11.9 Å². The van der Waals surface area contributed by atoms with Gasteiger partial charge in [0.2, 0.25) is 0 Å². The Morgan fingerprint density at radius 3 is 2.32 bits per heavy atom. The molecule has 5 aromatic rings. The van der Waals surface area contributed by atoms with E-state index in [0.717, 1.165) is 45.1 Å². The molecule has 0 fully saturated rings. The average Bonchev–Trinajstić information content (AvgIpc) is 3.45. The van der Waals surface area contributed by atoms with Gasteiger partial charge < -0.3 is 4.98 Å². The standard InChI is InChI=1S/C25H17Cl2N3O.C2H4F3NS/c26-18-8-6-16(7-9-18)14-30-25(21(13-28-30)17-4-2-1-3-5-17)24-20-11-10-19(27)12-22(20)29-23(24)15-31;1-6-7-2(3,4)5/h1-13,15,29H,14H2;6H,1H3. The van der Waals surface area contributed by atoms with Gasteiger partial charge in [-0.05, 0) is 42.4 Å². The van der Waals surface area contributed by atoms with Crippen molar-refractivity contribution >= 4 is 52.3 Å². The lowest BCUT2D eigenvalue weighted by atomic mass is 9.99. The number of H-pyrrole nitrogens is 1. The van der Waals surface area contributed by atoms with Crippen molar-refractivity contribution in [3.63, 3.8) is 0 Å². The number of nitrogens with one attached hydrogen (secondary N) is 2. The molecule has 0 aliphatic rings. The number of carbonyl (C=O) groups is 1. The van der Waals surface area contributed by atoms with Gasteiger partial charge in [0.25, 0.3) is 0 Å². The summed E-state index contributed by atoms with van der Waals surface area (Å²) >= 11 is 12.0. The molecule has 38 heavy (non-hydrogen) atoms. The van der Waals surface area contributed by atoms with Gasteiger partial charge in [0.1, 0.15) is 0 Å². The molecule has 0 atom stereocenters. The first-order valence-electron chi connectivity index (χ1n) is 11.2. The van der Waals surface area contributed by atoms with Crippen LogP contribution in [0.25, 0.3) is 33.3 Å². The molecule has 0 spiro atoms. The molecule has 0 unspecified atom stereocenters. The van der Waals surface area contributed by atoms with Crippen molar-refractivity contribution in [3.05, 3.63) is 100 Å². The highest BCUT2D eigenvalue weighted by atomic mass is 35.5. The predicted molar refractivity (Wildman–Crippen MR) is 149 cm³/mol. The van der Waals surface area contributed by atoms with Crippen molar-refractivity contribution < 1.29 is 18.0 Å². The number of nitrogens with zero attached hydrogens (tertiary/aromatic N) is 2. The van der Waals surface area contributed by atoms with Crippen LogP contribution in [0.1, 0.15) is 16.1 Å². The second-order valence-electron chi connectivity index (χ2n) is 8.03. The van der Waals surface area contributed by atoms with E-state index >= 15 is 0 Å². The number of rotatable bonds is 6. The zero-order valence-corrected chi connectivity index (χ0v) is 22.2. The van der Waals surface area contributed by atoms with Crippen LogP contribution >= 0.6 is 35.1 Å². The zero-order chi connectivity index (χ0) is 27.3. The molecular weight excluding hydrogens is 556 g/mol. The minimum Gasteiger partial charge on any atom is -0.352 e. The molecule has 0 radical (unpaired) electrons. The number of hydrogen-bond donors (Lipinski definition) is 2. The number of fused-ring (bicyclic) bond motifs is 1. The lowest BCUT2D eigenvalue weighted by Gasteiger charge is -2.11. The molecule has 0 aliphatic carbocycles. The molecule has 0 aliphatic heterocycles. The van der Waals surface area contributed by atoms with Crippen molar-refractivity contribution in [2.45, 2.75) is 12.1 Å². The summed E-state index contributed by atoms with van der Waals surface area (Å²) in [5.74, 6) is 0. The fraction of sp³-hybridized carbons (Fsp3) is 0.111. The monoisotopic (exact) mass is 576 g/mol. The Balaban J connectivity index is 0.000000426. The molecule has 5 rings (SSSR count). The summed E-state index contributed by atoms with van der Waals surface area (Å²) in [7, 11) is 1.22. The molecular formula is C27H21Cl2F3N4OS. The summed E-state index contributed by atoms with van der Waals surface area (Å²) in [6.45, 7) is 0.540. The van der Waals surface area contributed by atoms with Crippen molar-refractivity contribution in [2.24, 2.45) is 0 Å². The number of benzene rings is 3. The van der Waals surface area contributed by atoms with E-state index in [1.807, 2.05) is 88.4 Å². The maximum absolute atomic E-state index is 12.0. The second kappa shape index (κ2) is 12.1. The Morgan fingerprint density at radius 2 is 1.71 bits per heavy atom. The van der Waals surface area contributed by atoms with Gasteiger partial charge in [-0.2, -0.15) is 18.3 Å². The Hall–Kier alpha value is -3.24. The average molecular weight is 577 g/mol. The molecule has 0 saturated carbocycles. The molecule has 2 N–H and O–H groups in total. The molecule has 0 amide bonds. The SMILES string of the molecule is CNSC(F)(F)F.O=Cc1[nH]c2cc(Cl)ccc2c1-c1c(-c2ccccc2)cnn1Cc1ccc(Cl)cc1. The topological polar surface area (TPSA) is 62.7 Å². The third kappa shape index (κ3) is 6.60. The van der Waals surface area contributed by atoms with Gasteiger partial charge in [-0.15, -0.1) is 0 Å². The number of aromatic nitrogens is 3. The van der Waals surface area contributed by atoms with Crippen LogP contribution in [-0.2, 0) is 6.54 Å². The summed E-state index contributed by atoms with van der Waals surface area (Å²) in [5.41, 5.74) is 1.88. The van der Waals surface area contributed by atoms with Gasteiger partial charge in [-0.3, -0.25) is 14.2 Å². The van der Waals surface area contributed by atoms with Gasteiger partial charge >= 0.3 is 5.51 Å². The van der Waals surface area contributed by atoms with Gasteiger partial charge in [0, 0.05) is 44.0 Å². The minimum atomic E-state index is -4.14. The van der Waals surface area contributed by atoms with E-state index in [1.165, 1.54) is 7.05 Å². The molecule has 3 aromatic carbocycles. The third-order valence-corrected chi connectivity index (χ3v) is 6.45. The number of aromatic amines is 1. The van der Waals surface area contributed by atoms with Crippen LogP contribution in [-0.4, -0.2) is 33.6 Å². The fourth-order valence-corrected chi connectivity index (χ4v) is 4.54. The predicted octanol–water partition coefficient (Wildman–Crippen LogP) is 8.24. The van der Waals surface area contributed by atoms with Gasteiger partial charge in [0.15, 0.2) is 6.29 Å². The van der Waals surface area contributed by atoms with Crippen molar-refractivity contribution in [2.75, 3.05) is 7.05 Å². The maximum Gasteiger partial charge on any atom is 0.456 e. The minimum absolute atomic E-state index is 0.262. The fourth-order valence-electron chi connectivity index (χ4n) is 4.01. The highest BCUT2D eigenvalue weighted by molar-refractivity contribution is 7.98. The van der Waals surface area contributed by atoms with Crippen LogP contribution in [0.5, 0.6) is 0 Å². The quantitative estimate of drug-likeness (QED) is 0.158. The van der Waals surface area contributed by atoms with Crippen molar-refractivity contribution in [1.29, 1.82) is 0 Å². The smallest absolute Gasteiger partial charge is 0.352 e.